The smallest absolute Gasteiger partial charge is 0.231 e. The summed E-state index contributed by atoms with van der Waals surface area (Å²) in [5, 5.41) is 0. The van der Waals surface area contributed by atoms with Crippen LogP contribution >= 0.6 is 0 Å². The number of carbonyl (C=O) groups excluding carboxylic acids is 1. The molecule has 0 unspecified atom stereocenters. The Hall–Kier alpha value is -1.77. The van der Waals surface area contributed by atoms with E-state index in [2.05, 4.69) is 0 Å². The summed E-state index contributed by atoms with van der Waals surface area (Å²) in [6.45, 7) is 2.24. The van der Waals surface area contributed by atoms with Gasteiger partial charge in [-0.25, -0.2) is 0 Å². The molecule has 0 aromatic heterocycles. The average Bonchev–Trinajstić information content (AvgIpc) is 2.61. The van der Waals surface area contributed by atoms with Gasteiger partial charge in [-0.05, 0) is 36.3 Å². The highest BCUT2D eigenvalue weighted by Crippen LogP contribution is 2.34. The maximum absolute atomic E-state index is 10.2. The van der Waals surface area contributed by atoms with E-state index in [0.717, 1.165) is 28.9 Å². The topological polar surface area (TPSA) is 35.5 Å². The summed E-state index contributed by atoms with van der Waals surface area (Å²) in [6.07, 6.45) is 3.97. The van der Waals surface area contributed by atoms with E-state index in [1.807, 2.05) is 19.1 Å². The molecule has 0 atom stereocenters. The molecule has 14 heavy (non-hydrogen) atoms. The van der Waals surface area contributed by atoms with Crippen molar-refractivity contribution in [2.75, 3.05) is 6.79 Å². The number of fused-ring (bicyclic) bond motifs is 1. The van der Waals surface area contributed by atoms with Gasteiger partial charge in [-0.2, -0.15) is 0 Å². The summed E-state index contributed by atoms with van der Waals surface area (Å²) in [7, 11) is 0. The molecule has 0 spiro atoms. The van der Waals surface area contributed by atoms with Crippen molar-refractivity contribution in [3.63, 3.8) is 0 Å². The monoisotopic (exact) mass is 190 g/mol. The van der Waals surface area contributed by atoms with Gasteiger partial charge in [0.1, 0.15) is 6.29 Å². The first-order chi connectivity index (χ1) is 6.81. The number of allylic oxidation sites excluding steroid dienone is 1. The number of aldehydes is 1. The van der Waals surface area contributed by atoms with Gasteiger partial charge in [-0.15, -0.1) is 0 Å². The minimum Gasteiger partial charge on any atom is -0.454 e. The molecule has 1 aromatic rings. The number of rotatable bonds is 2. The van der Waals surface area contributed by atoms with Crippen LogP contribution in [0.4, 0.5) is 0 Å². The van der Waals surface area contributed by atoms with Crippen LogP contribution in [-0.4, -0.2) is 13.1 Å². The quantitative estimate of drug-likeness (QED) is 0.528. The lowest BCUT2D eigenvalue weighted by Gasteiger charge is -2.02. The second-order valence-corrected chi connectivity index (χ2v) is 3.06. The van der Waals surface area contributed by atoms with Gasteiger partial charge >= 0.3 is 0 Å². The molecular weight excluding hydrogens is 180 g/mol. The molecule has 1 heterocycles. The zero-order valence-electron chi connectivity index (χ0n) is 7.82. The Morgan fingerprint density at radius 1 is 1.29 bits per heavy atom. The Morgan fingerprint density at radius 3 is 2.71 bits per heavy atom. The minimum atomic E-state index is 0.273. The maximum atomic E-state index is 10.2. The van der Waals surface area contributed by atoms with Crippen LogP contribution < -0.4 is 9.47 Å². The Bertz CT molecular complexity index is 394. The van der Waals surface area contributed by atoms with Crippen molar-refractivity contribution in [2.45, 2.75) is 6.92 Å². The highest BCUT2D eigenvalue weighted by molar-refractivity contribution is 5.75. The van der Waals surface area contributed by atoms with Crippen molar-refractivity contribution >= 4 is 12.4 Å². The van der Waals surface area contributed by atoms with E-state index in [9.17, 15) is 4.79 Å². The summed E-state index contributed by atoms with van der Waals surface area (Å²) in [4.78, 5) is 10.2. The number of hydrogen-bond acceptors (Lipinski definition) is 3. The Labute approximate surface area is 81.9 Å². The van der Waals surface area contributed by atoms with E-state index in [1.54, 1.807) is 6.08 Å². The zero-order valence-corrected chi connectivity index (χ0v) is 7.82. The fourth-order valence-corrected chi connectivity index (χ4v) is 1.38. The third kappa shape index (κ3) is 1.48. The highest BCUT2D eigenvalue weighted by atomic mass is 16.7. The van der Waals surface area contributed by atoms with Crippen LogP contribution in [0.3, 0.4) is 0 Å². The molecule has 1 aromatic carbocycles. The summed E-state index contributed by atoms with van der Waals surface area (Å²) in [6, 6.07) is 3.78. The van der Waals surface area contributed by atoms with Crippen molar-refractivity contribution in [2.24, 2.45) is 0 Å². The predicted molar refractivity (Wildman–Crippen MR) is 52.4 cm³/mol. The first-order valence-corrected chi connectivity index (χ1v) is 4.33. The molecule has 3 nitrogen and oxygen atoms in total. The second-order valence-electron chi connectivity index (χ2n) is 3.06. The van der Waals surface area contributed by atoms with E-state index in [-0.39, 0.29) is 6.79 Å². The van der Waals surface area contributed by atoms with Crippen LogP contribution in [0.1, 0.15) is 11.1 Å². The molecule has 0 fully saturated rings. The molecule has 1 aliphatic rings. The summed E-state index contributed by atoms with van der Waals surface area (Å²) in [5.74, 6) is 1.51. The second kappa shape index (κ2) is 3.54. The SMILES string of the molecule is Cc1cc2c(cc1/C=C/C=O)OCO2. The Morgan fingerprint density at radius 2 is 2.00 bits per heavy atom. The largest absolute Gasteiger partial charge is 0.454 e. The lowest BCUT2D eigenvalue weighted by atomic mass is 10.1. The fraction of sp³-hybridized carbons (Fsp3) is 0.182. The molecule has 0 amide bonds. The standard InChI is InChI=1S/C11H10O3/c1-8-5-10-11(14-7-13-10)6-9(8)3-2-4-12/h2-6H,7H2,1H3/b3-2+. The molecule has 0 radical (unpaired) electrons. The van der Waals surface area contributed by atoms with Gasteiger partial charge in [-0.3, -0.25) is 4.79 Å². The molecule has 0 saturated heterocycles. The fourth-order valence-electron chi connectivity index (χ4n) is 1.38. The van der Waals surface area contributed by atoms with Crippen molar-refractivity contribution in [3.05, 3.63) is 29.3 Å². The van der Waals surface area contributed by atoms with E-state index >= 15 is 0 Å². The maximum Gasteiger partial charge on any atom is 0.231 e. The number of benzene rings is 1. The van der Waals surface area contributed by atoms with Crippen molar-refractivity contribution in [1.29, 1.82) is 0 Å². The van der Waals surface area contributed by atoms with Gasteiger partial charge in [0.2, 0.25) is 6.79 Å². The zero-order chi connectivity index (χ0) is 9.97. The number of ether oxygens (including phenoxy) is 2. The summed E-state index contributed by atoms with van der Waals surface area (Å²) < 4.78 is 10.5. The first kappa shape index (κ1) is 8.81. The van der Waals surface area contributed by atoms with Gasteiger partial charge in [0.25, 0.3) is 0 Å². The number of hydrogen-bond donors (Lipinski definition) is 0. The van der Waals surface area contributed by atoms with Gasteiger partial charge in [-0.1, -0.05) is 6.08 Å². The van der Waals surface area contributed by atoms with E-state index in [4.69, 9.17) is 9.47 Å². The van der Waals surface area contributed by atoms with Crippen molar-refractivity contribution in [1.82, 2.24) is 0 Å². The van der Waals surface area contributed by atoms with E-state index in [0.29, 0.717) is 0 Å². The van der Waals surface area contributed by atoms with E-state index in [1.165, 1.54) is 6.08 Å². The van der Waals surface area contributed by atoms with Gasteiger partial charge in [0.15, 0.2) is 11.5 Å². The van der Waals surface area contributed by atoms with Gasteiger partial charge in [0.05, 0.1) is 0 Å². The van der Waals surface area contributed by atoms with Gasteiger partial charge < -0.3 is 9.47 Å². The minimum absolute atomic E-state index is 0.273. The molecule has 72 valence electrons. The summed E-state index contributed by atoms with van der Waals surface area (Å²) in [5.41, 5.74) is 2.04. The molecule has 0 bridgehead atoms. The van der Waals surface area contributed by atoms with Crippen LogP contribution in [0, 0.1) is 6.92 Å². The van der Waals surface area contributed by atoms with Crippen LogP contribution in [0.25, 0.3) is 6.08 Å². The Balaban J connectivity index is 2.42. The molecular formula is C11H10O3. The number of carbonyl (C=O) groups is 1. The number of aryl methyl sites for hydroxylation is 1. The molecule has 3 heteroatoms. The third-order valence-electron chi connectivity index (χ3n) is 2.12. The van der Waals surface area contributed by atoms with E-state index < -0.39 is 0 Å². The van der Waals surface area contributed by atoms with Crippen molar-refractivity contribution < 1.29 is 14.3 Å². The predicted octanol–water partition coefficient (Wildman–Crippen LogP) is 1.94. The van der Waals surface area contributed by atoms with Crippen LogP contribution in [-0.2, 0) is 4.79 Å². The molecule has 0 saturated carbocycles. The molecule has 0 N–H and O–H groups in total. The normalized spacial score (nSPS) is 13.5. The van der Waals surface area contributed by atoms with Crippen LogP contribution in [0.5, 0.6) is 11.5 Å². The summed E-state index contributed by atoms with van der Waals surface area (Å²) >= 11 is 0. The lowest BCUT2D eigenvalue weighted by Crippen LogP contribution is -1.92. The lowest BCUT2D eigenvalue weighted by molar-refractivity contribution is -0.104. The molecule has 1 aliphatic heterocycles. The Kier molecular flexibility index (Phi) is 2.23. The first-order valence-electron chi connectivity index (χ1n) is 4.33. The van der Waals surface area contributed by atoms with Gasteiger partial charge in [0, 0.05) is 0 Å². The average molecular weight is 190 g/mol. The highest BCUT2D eigenvalue weighted by Gasteiger charge is 2.14. The van der Waals surface area contributed by atoms with Crippen LogP contribution in [0.15, 0.2) is 18.2 Å². The van der Waals surface area contributed by atoms with Crippen LogP contribution in [0.2, 0.25) is 0 Å². The third-order valence-corrected chi connectivity index (χ3v) is 2.12. The molecule has 0 aliphatic carbocycles. The van der Waals surface area contributed by atoms with Crippen molar-refractivity contribution in [3.8, 4) is 11.5 Å². The molecule has 2 rings (SSSR count).